The van der Waals surface area contributed by atoms with Crippen LogP contribution in [-0.2, 0) is 22.6 Å². The number of ether oxygens (including phenoxy) is 1. The first-order valence-corrected chi connectivity index (χ1v) is 11.8. The summed E-state index contributed by atoms with van der Waals surface area (Å²) in [5.74, 6) is -0.672. The molecule has 2 heterocycles. The van der Waals surface area contributed by atoms with Gasteiger partial charge >= 0.3 is 5.97 Å². The molecule has 0 bridgehead atoms. The van der Waals surface area contributed by atoms with Crippen molar-refractivity contribution >= 4 is 51.8 Å². The second-order valence-electron chi connectivity index (χ2n) is 6.90. The van der Waals surface area contributed by atoms with Gasteiger partial charge in [-0.3, -0.25) is 4.79 Å². The molecule has 0 aliphatic rings. The fraction of sp³-hybridized carbons (Fsp3) is 0.130. The average molecular weight is 484 g/mol. The lowest BCUT2D eigenvalue weighted by atomic mass is 10.2. The number of nitrogens with zero attached hydrogens (tertiary/aromatic N) is 2. The van der Waals surface area contributed by atoms with Gasteiger partial charge in [-0.15, -0.1) is 22.7 Å². The Labute approximate surface area is 197 Å². The largest absolute Gasteiger partial charge is 0.454 e. The highest BCUT2D eigenvalue weighted by molar-refractivity contribution is 7.13. The lowest BCUT2D eigenvalue weighted by Crippen LogP contribution is -2.15. The number of para-hydroxylation sites is 1. The van der Waals surface area contributed by atoms with Gasteiger partial charge in [0.05, 0.1) is 12.1 Å². The summed E-state index contributed by atoms with van der Waals surface area (Å²) in [5.41, 5.74) is 3.44. The van der Waals surface area contributed by atoms with Gasteiger partial charge in [-0.2, -0.15) is 0 Å². The van der Waals surface area contributed by atoms with Gasteiger partial charge in [0.15, 0.2) is 5.69 Å². The van der Waals surface area contributed by atoms with Gasteiger partial charge in [-0.25, -0.2) is 14.8 Å². The van der Waals surface area contributed by atoms with E-state index in [1.165, 1.54) is 22.7 Å². The Morgan fingerprint density at radius 2 is 1.91 bits per heavy atom. The fourth-order valence-corrected chi connectivity index (χ4v) is 4.63. The molecule has 162 valence electrons. The highest BCUT2D eigenvalue weighted by Crippen LogP contribution is 2.26. The van der Waals surface area contributed by atoms with Gasteiger partial charge in [0.1, 0.15) is 16.6 Å². The van der Waals surface area contributed by atoms with Crippen molar-refractivity contribution in [3.63, 3.8) is 0 Å². The minimum atomic E-state index is -0.527. The highest BCUT2D eigenvalue weighted by Gasteiger charge is 2.15. The number of esters is 1. The van der Waals surface area contributed by atoms with Crippen LogP contribution in [0.3, 0.4) is 0 Å². The third kappa shape index (κ3) is 5.59. The Morgan fingerprint density at radius 1 is 1.06 bits per heavy atom. The summed E-state index contributed by atoms with van der Waals surface area (Å²) in [6, 6.07) is 14.9. The second-order valence-corrected chi connectivity index (χ2v) is 9.13. The van der Waals surface area contributed by atoms with Crippen LogP contribution < -0.4 is 5.32 Å². The molecular weight excluding hydrogens is 466 g/mol. The van der Waals surface area contributed by atoms with Crippen molar-refractivity contribution in [2.24, 2.45) is 0 Å². The van der Waals surface area contributed by atoms with E-state index in [-0.39, 0.29) is 24.6 Å². The van der Waals surface area contributed by atoms with E-state index in [0.717, 1.165) is 16.8 Å². The van der Waals surface area contributed by atoms with Crippen molar-refractivity contribution in [1.82, 2.24) is 9.97 Å². The Morgan fingerprint density at radius 3 is 2.72 bits per heavy atom. The van der Waals surface area contributed by atoms with Crippen molar-refractivity contribution in [3.8, 4) is 10.6 Å². The van der Waals surface area contributed by atoms with E-state index in [1.807, 2.05) is 43.3 Å². The summed E-state index contributed by atoms with van der Waals surface area (Å²) in [7, 11) is 0. The van der Waals surface area contributed by atoms with Crippen molar-refractivity contribution in [2.75, 3.05) is 5.32 Å². The van der Waals surface area contributed by atoms with Crippen molar-refractivity contribution in [3.05, 3.63) is 86.3 Å². The Kier molecular flexibility index (Phi) is 6.94. The molecule has 0 fully saturated rings. The number of aryl methyl sites for hydroxylation is 1. The van der Waals surface area contributed by atoms with Crippen LogP contribution in [0, 0.1) is 6.92 Å². The monoisotopic (exact) mass is 483 g/mol. The number of thiazole rings is 2. The molecule has 4 rings (SSSR count). The van der Waals surface area contributed by atoms with Crippen LogP contribution in [0.1, 0.15) is 26.8 Å². The summed E-state index contributed by atoms with van der Waals surface area (Å²) in [5, 5.41) is 8.27. The Balaban J connectivity index is 1.31. The molecule has 0 unspecified atom stereocenters. The SMILES string of the molecule is Cc1ccccc1NC(=O)Cc1nc(COC(=O)c2csc(-c3cccc(Cl)c3)n2)cs1. The number of nitrogens with one attached hydrogen (secondary N) is 1. The number of hydrogen-bond acceptors (Lipinski definition) is 7. The van der Waals surface area contributed by atoms with E-state index >= 15 is 0 Å². The van der Waals surface area contributed by atoms with Crippen molar-refractivity contribution in [1.29, 1.82) is 0 Å². The van der Waals surface area contributed by atoms with Crippen LogP contribution >= 0.6 is 34.3 Å². The number of rotatable bonds is 7. The molecule has 0 saturated carbocycles. The average Bonchev–Trinajstić information content (AvgIpc) is 3.44. The Hall–Kier alpha value is -3.07. The number of halogens is 1. The van der Waals surface area contributed by atoms with Gasteiger partial charge in [0, 0.05) is 27.0 Å². The molecule has 0 spiro atoms. The van der Waals surface area contributed by atoms with E-state index in [4.69, 9.17) is 16.3 Å². The first-order valence-electron chi connectivity index (χ1n) is 9.65. The van der Waals surface area contributed by atoms with Crippen molar-refractivity contribution < 1.29 is 14.3 Å². The van der Waals surface area contributed by atoms with Gasteiger partial charge in [-0.05, 0) is 30.7 Å². The molecule has 1 amide bonds. The highest BCUT2D eigenvalue weighted by atomic mass is 35.5. The molecule has 1 N–H and O–H groups in total. The zero-order valence-electron chi connectivity index (χ0n) is 17.0. The number of anilines is 1. The molecule has 2 aromatic heterocycles. The lowest BCUT2D eigenvalue weighted by molar-refractivity contribution is -0.115. The minimum Gasteiger partial charge on any atom is -0.454 e. The standard InChI is InChI=1S/C23H18ClN3O3S2/c1-14-5-2-3-8-18(14)26-20(28)10-21-25-17(12-31-21)11-30-23(29)19-13-32-22(27-19)15-6-4-7-16(24)9-15/h2-9,12-13H,10-11H2,1H3,(H,26,28). The molecule has 4 aromatic rings. The third-order valence-electron chi connectivity index (χ3n) is 4.47. The lowest BCUT2D eigenvalue weighted by Gasteiger charge is -2.06. The predicted molar refractivity (Wildman–Crippen MR) is 127 cm³/mol. The van der Waals surface area contributed by atoms with E-state index in [9.17, 15) is 9.59 Å². The minimum absolute atomic E-state index is 0.0127. The number of carbonyl (C=O) groups excluding carboxylic acids is 2. The third-order valence-corrected chi connectivity index (χ3v) is 6.49. The molecule has 0 aliphatic carbocycles. The second kappa shape index (κ2) is 10.0. The maximum absolute atomic E-state index is 12.4. The first kappa shape index (κ1) is 22.1. The van der Waals surface area contributed by atoms with Crippen LogP contribution in [0.5, 0.6) is 0 Å². The molecule has 9 heteroatoms. The van der Waals surface area contributed by atoms with Crippen LogP contribution in [0.2, 0.25) is 5.02 Å². The van der Waals surface area contributed by atoms with E-state index < -0.39 is 5.97 Å². The first-order chi connectivity index (χ1) is 15.5. The Bertz CT molecular complexity index is 1270. The summed E-state index contributed by atoms with van der Waals surface area (Å²) >= 11 is 8.72. The maximum atomic E-state index is 12.4. The summed E-state index contributed by atoms with van der Waals surface area (Å²) in [6.07, 6.45) is 0.155. The molecule has 2 aromatic carbocycles. The molecule has 0 saturated heterocycles. The van der Waals surface area contributed by atoms with E-state index in [1.54, 1.807) is 22.9 Å². The van der Waals surface area contributed by atoms with E-state index in [2.05, 4.69) is 15.3 Å². The summed E-state index contributed by atoms with van der Waals surface area (Å²) in [4.78, 5) is 33.4. The molecule has 6 nitrogen and oxygen atoms in total. The number of hydrogen-bond donors (Lipinski definition) is 1. The summed E-state index contributed by atoms with van der Waals surface area (Å²) < 4.78 is 5.34. The zero-order valence-corrected chi connectivity index (χ0v) is 19.4. The van der Waals surface area contributed by atoms with E-state index in [0.29, 0.717) is 20.7 Å². The topological polar surface area (TPSA) is 81.2 Å². The zero-order chi connectivity index (χ0) is 22.5. The molecule has 0 radical (unpaired) electrons. The fourth-order valence-electron chi connectivity index (χ4n) is 2.88. The number of benzene rings is 2. The maximum Gasteiger partial charge on any atom is 0.358 e. The number of amides is 1. The van der Waals surface area contributed by atoms with Gasteiger partial charge in [-0.1, -0.05) is 41.9 Å². The van der Waals surface area contributed by atoms with Crippen LogP contribution in [0.25, 0.3) is 10.6 Å². The van der Waals surface area contributed by atoms with Crippen molar-refractivity contribution in [2.45, 2.75) is 20.0 Å². The molecule has 0 aliphatic heterocycles. The van der Waals surface area contributed by atoms with Gasteiger partial charge in [0.25, 0.3) is 0 Å². The normalized spacial score (nSPS) is 10.7. The molecule has 32 heavy (non-hydrogen) atoms. The van der Waals surface area contributed by atoms with Crippen LogP contribution in [0.15, 0.2) is 59.3 Å². The molecule has 0 atom stereocenters. The van der Waals surface area contributed by atoms with Crippen LogP contribution in [-0.4, -0.2) is 21.8 Å². The number of aromatic nitrogens is 2. The summed E-state index contributed by atoms with van der Waals surface area (Å²) in [6.45, 7) is 1.95. The predicted octanol–water partition coefficient (Wildman–Crippen LogP) is 5.77. The quantitative estimate of drug-likeness (QED) is 0.337. The van der Waals surface area contributed by atoms with Gasteiger partial charge < -0.3 is 10.1 Å². The molecular formula is C23H18ClN3O3S2. The van der Waals surface area contributed by atoms with Crippen LogP contribution in [0.4, 0.5) is 5.69 Å². The smallest absolute Gasteiger partial charge is 0.358 e. The van der Waals surface area contributed by atoms with Gasteiger partial charge in [0.2, 0.25) is 5.91 Å². The number of carbonyl (C=O) groups is 2.